The Balaban J connectivity index is 1.59. The summed E-state index contributed by atoms with van der Waals surface area (Å²) in [6.07, 6.45) is -10.2. The number of aliphatic hydroxyl groups excluding tert-OH is 2. The van der Waals surface area contributed by atoms with Crippen LogP contribution in [0.2, 0.25) is 0 Å². The third-order valence-electron chi connectivity index (χ3n) is 6.40. The van der Waals surface area contributed by atoms with Crippen molar-refractivity contribution in [1.82, 2.24) is 0 Å². The first-order valence-corrected chi connectivity index (χ1v) is 12.4. The number of aromatic hydroxyl groups is 9. The molecule has 45 heavy (non-hydrogen) atoms. The van der Waals surface area contributed by atoms with Crippen LogP contribution in [-0.2, 0) is 18.9 Å². The van der Waals surface area contributed by atoms with Gasteiger partial charge in [0.15, 0.2) is 64.0 Å². The predicted octanol–water partition coefficient (Wildman–Crippen LogP) is -0.277. The van der Waals surface area contributed by atoms with E-state index in [1.54, 1.807) is 0 Å². The molecule has 18 nitrogen and oxygen atoms in total. The average Bonchev–Trinajstić information content (AvgIpc) is 2.99. The van der Waals surface area contributed by atoms with Crippen LogP contribution in [-0.4, -0.2) is 111 Å². The molecule has 0 spiro atoms. The standard InChI is InChI=1S/C27H24O18/c28-11-1-8(2-12(29)18(11)34)24(39)42-7-17-21(37)23(44-25(40)9-3-13(30)19(35)14(31)4-9)22(38)27(43-17)45-26(41)10-5-15(32)20(36)16(33)6-10/h1-6,17,21-23,27-38H,7H2/t17-,21-,22-,23+,27+/m0/s1. The van der Waals surface area contributed by atoms with Crippen LogP contribution in [0.3, 0.4) is 0 Å². The Labute approximate surface area is 249 Å². The lowest BCUT2D eigenvalue weighted by Gasteiger charge is -2.41. The topological polar surface area (TPSA) is 311 Å². The van der Waals surface area contributed by atoms with E-state index in [0.717, 1.165) is 12.1 Å². The normalized spacial score (nSPS) is 21.1. The molecule has 1 fully saturated rings. The van der Waals surface area contributed by atoms with Crippen LogP contribution in [0.4, 0.5) is 0 Å². The first-order valence-electron chi connectivity index (χ1n) is 12.4. The van der Waals surface area contributed by atoms with Crippen molar-refractivity contribution < 1.29 is 89.5 Å². The molecule has 240 valence electrons. The number of benzene rings is 3. The maximum absolute atomic E-state index is 12.8. The van der Waals surface area contributed by atoms with Crippen molar-refractivity contribution in [2.75, 3.05) is 6.61 Å². The van der Waals surface area contributed by atoms with Gasteiger partial charge in [-0.25, -0.2) is 14.4 Å². The second-order valence-corrected chi connectivity index (χ2v) is 9.49. The van der Waals surface area contributed by atoms with Crippen LogP contribution >= 0.6 is 0 Å². The summed E-state index contributed by atoms with van der Waals surface area (Å²) in [5.41, 5.74) is -1.62. The van der Waals surface area contributed by atoms with Gasteiger partial charge in [-0.3, -0.25) is 0 Å². The van der Waals surface area contributed by atoms with Crippen molar-refractivity contribution in [3.8, 4) is 51.7 Å². The van der Waals surface area contributed by atoms with E-state index in [1.807, 2.05) is 0 Å². The molecule has 4 rings (SSSR count). The third kappa shape index (κ3) is 6.56. The number of hydrogen-bond acceptors (Lipinski definition) is 18. The van der Waals surface area contributed by atoms with Gasteiger partial charge in [-0.1, -0.05) is 0 Å². The van der Waals surface area contributed by atoms with Gasteiger partial charge in [-0.2, -0.15) is 0 Å². The lowest BCUT2D eigenvalue weighted by molar-refractivity contribution is -0.284. The summed E-state index contributed by atoms with van der Waals surface area (Å²) in [6, 6.07) is 4.20. The summed E-state index contributed by atoms with van der Waals surface area (Å²) in [6.45, 7) is -0.918. The highest BCUT2D eigenvalue weighted by Crippen LogP contribution is 2.38. The Morgan fingerprint density at radius 2 is 0.911 bits per heavy atom. The second-order valence-electron chi connectivity index (χ2n) is 9.49. The van der Waals surface area contributed by atoms with Gasteiger partial charge in [0.1, 0.15) is 18.8 Å². The highest BCUT2D eigenvalue weighted by molar-refractivity contribution is 5.92. The SMILES string of the molecule is O=C(OC[C@@H]1O[C@H](OC(=O)c2cc(O)c(O)c(O)c2)[C@@H](O)[C@H](OC(=O)c2cc(O)c(O)c(O)c2)[C@H]1O)c1cc(O)c(O)c(O)c1. The summed E-state index contributed by atoms with van der Waals surface area (Å²) in [7, 11) is 0. The van der Waals surface area contributed by atoms with Gasteiger partial charge in [0.05, 0.1) is 16.7 Å². The molecular weight excluding hydrogens is 612 g/mol. The number of phenolic OH excluding ortho intramolecular Hbond substituents is 9. The van der Waals surface area contributed by atoms with E-state index >= 15 is 0 Å². The molecule has 1 heterocycles. The molecule has 5 atom stereocenters. The van der Waals surface area contributed by atoms with E-state index in [1.165, 1.54) is 0 Å². The molecule has 3 aromatic rings. The molecule has 0 unspecified atom stereocenters. The summed E-state index contributed by atoms with van der Waals surface area (Å²) >= 11 is 0. The number of carbonyl (C=O) groups excluding carboxylic acids is 3. The van der Waals surface area contributed by atoms with Crippen molar-refractivity contribution in [2.24, 2.45) is 0 Å². The quantitative estimate of drug-likeness (QED) is 0.0902. The first kappa shape index (κ1) is 32.1. The van der Waals surface area contributed by atoms with Crippen molar-refractivity contribution in [1.29, 1.82) is 0 Å². The molecule has 11 N–H and O–H groups in total. The molecule has 3 aromatic carbocycles. The Hall–Kier alpha value is -5.85. The molecular formula is C27H24O18. The molecule has 1 aliphatic heterocycles. The minimum Gasteiger partial charge on any atom is -0.504 e. The molecule has 18 heteroatoms. The van der Waals surface area contributed by atoms with Gasteiger partial charge in [0.25, 0.3) is 0 Å². The molecule has 0 aliphatic carbocycles. The van der Waals surface area contributed by atoms with Crippen LogP contribution in [0, 0.1) is 0 Å². The van der Waals surface area contributed by atoms with E-state index in [4.69, 9.17) is 18.9 Å². The minimum atomic E-state index is -2.19. The van der Waals surface area contributed by atoms with Crippen LogP contribution in [0.25, 0.3) is 0 Å². The zero-order valence-electron chi connectivity index (χ0n) is 22.3. The van der Waals surface area contributed by atoms with Crippen molar-refractivity contribution >= 4 is 17.9 Å². The molecule has 0 saturated carbocycles. The maximum Gasteiger partial charge on any atom is 0.340 e. The van der Waals surface area contributed by atoms with E-state index in [-0.39, 0.29) is 0 Å². The lowest BCUT2D eigenvalue weighted by atomic mass is 9.98. The Morgan fingerprint density at radius 1 is 0.556 bits per heavy atom. The van der Waals surface area contributed by atoms with E-state index in [0.29, 0.717) is 24.3 Å². The van der Waals surface area contributed by atoms with Crippen LogP contribution in [0.15, 0.2) is 36.4 Å². The number of aliphatic hydroxyl groups is 2. The largest absolute Gasteiger partial charge is 0.504 e. The molecule has 1 aliphatic rings. The van der Waals surface area contributed by atoms with Crippen molar-refractivity contribution in [3.63, 3.8) is 0 Å². The smallest absolute Gasteiger partial charge is 0.340 e. The second kappa shape index (κ2) is 12.4. The van der Waals surface area contributed by atoms with E-state index < -0.39 is 124 Å². The molecule has 0 bridgehead atoms. The van der Waals surface area contributed by atoms with Crippen LogP contribution in [0.5, 0.6) is 51.7 Å². The summed E-state index contributed by atoms with van der Waals surface area (Å²) < 4.78 is 20.6. The van der Waals surface area contributed by atoms with Crippen LogP contribution in [0.1, 0.15) is 31.1 Å². The lowest BCUT2D eigenvalue weighted by Crippen LogP contribution is -2.61. The fourth-order valence-corrected chi connectivity index (χ4v) is 4.05. The average molecular weight is 636 g/mol. The Morgan fingerprint density at radius 3 is 1.31 bits per heavy atom. The van der Waals surface area contributed by atoms with Gasteiger partial charge in [0.2, 0.25) is 6.29 Å². The highest BCUT2D eigenvalue weighted by atomic mass is 16.7. The van der Waals surface area contributed by atoms with Crippen molar-refractivity contribution in [2.45, 2.75) is 30.7 Å². The van der Waals surface area contributed by atoms with Gasteiger partial charge in [0, 0.05) is 0 Å². The summed E-state index contributed by atoms with van der Waals surface area (Å²) in [5.74, 6) is -12.3. The number of ether oxygens (including phenoxy) is 4. The van der Waals surface area contributed by atoms with Crippen molar-refractivity contribution in [3.05, 3.63) is 53.1 Å². The molecule has 0 aromatic heterocycles. The van der Waals surface area contributed by atoms with Gasteiger partial charge in [-0.15, -0.1) is 0 Å². The summed E-state index contributed by atoms with van der Waals surface area (Å²) in [4.78, 5) is 38.1. The fourth-order valence-electron chi connectivity index (χ4n) is 4.05. The molecule has 0 amide bonds. The monoisotopic (exact) mass is 636 g/mol. The number of esters is 3. The maximum atomic E-state index is 12.8. The predicted molar refractivity (Wildman–Crippen MR) is 140 cm³/mol. The zero-order chi connectivity index (χ0) is 33.3. The van der Waals surface area contributed by atoms with Gasteiger partial charge in [-0.05, 0) is 36.4 Å². The summed E-state index contributed by atoms with van der Waals surface area (Å²) in [5, 5.41) is 108. The first-order chi connectivity index (χ1) is 21.1. The van der Waals surface area contributed by atoms with Gasteiger partial charge >= 0.3 is 17.9 Å². The minimum absolute atomic E-state index is 0.474. The number of rotatable bonds is 7. The van der Waals surface area contributed by atoms with E-state index in [2.05, 4.69) is 0 Å². The Bertz CT molecular complexity index is 1580. The molecule has 1 saturated heterocycles. The van der Waals surface area contributed by atoms with Crippen LogP contribution < -0.4 is 0 Å². The Kier molecular flexibility index (Phi) is 8.84. The fraction of sp³-hybridized carbons (Fsp3) is 0.222. The highest BCUT2D eigenvalue weighted by Gasteiger charge is 2.49. The number of carbonyl (C=O) groups is 3. The number of phenols is 9. The zero-order valence-corrected chi connectivity index (χ0v) is 22.3. The van der Waals surface area contributed by atoms with Gasteiger partial charge < -0.3 is 75.1 Å². The van der Waals surface area contributed by atoms with E-state index in [9.17, 15) is 70.6 Å². The third-order valence-corrected chi connectivity index (χ3v) is 6.40. The molecule has 0 radical (unpaired) electrons. The number of hydrogen-bond donors (Lipinski definition) is 11.